The summed E-state index contributed by atoms with van der Waals surface area (Å²) in [5, 5.41) is 0. The number of hydrogen-bond donors (Lipinski definition) is 0. The Balaban J connectivity index is 2.14. The molecule has 0 bridgehead atoms. The number of methoxy groups -OCH3 is 2. The zero-order valence-electron chi connectivity index (χ0n) is 15.4. The largest absolute Gasteiger partial charge is 0.497 e. The van der Waals surface area contributed by atoms with Crippen LogP contribution in [0, 0.1) is 0 Å². The maximum atomic E-state index is 13.3. The van der Waals surface area contributed by atoms with Crippen LogP contribution < -0.4 is 13.8 Å². The van der Waals surface area contributed by atoms with Crippen LogP contribution in [0.15, 0.2) is 83.8 Å². The molecular formula is C21H19NO5S. The second-order valence-corrected chi connectivity index (χ2v) is 7.60. The third-order valence-corrected chi connectivity index (χ3v) is 5.81. The van der Waals surface area contributed by atoms with Gasteiger partial charge in [0.2, 0.25) is 0 Å². The molecule has 0 N–H and O–H groups in total. The Morgan fingerprint density at radius 3 is 2.04 bits per heavy atom. The van der Waals surface area contributed by atoms with Crippen molar-refractivity contribution in [2.75, 3.05) is 18.5 Å². The van der Waals surface area contributed by atoms with Gasteiger partial charge in [0.25, 0.3) is 15.9 Å². The molecule has 3 aromatic rings. The van der Waals surface area contributed by atoms with Crippen molar-refractivity contribution in [3.63, 3.8) is 0 Å². The standard InChI is InChI=1S/C21H19NO5S/c1-26-18-13-11-17(12-14-18)22(28(24,25)20-9-4-3-5-10-20)21(23)16-7-6-8-19(15-16)27-2/h3-15H,1-2H3. The van der Waals surface area contributed by atoms with E-state index < -0.39 is 15.9 Å². The van der Waals surface area contributed by atoms with E-state index in [1.807, 2.05) is 0 Å². The molecule has 144 valence electrons. The number of hydrogen-bond acceptors (Lipinski definition) is 5. The van der Waals surface area contributed by atoms with Gasteiger partial charge in [0, 0.05) is 5.56 Å². The van der Waals surface area contributed by atoms with Crippen LogP contribution in [0.2, 0.25) is 0 Å². The Kier molecular flexibility index (Phi) is 5.65. The number of rotatable bonds is 6. The summed E-state index contributed by atoms with van der Waals surface area (Å²) >= 11 is 0. The van der Waals surface area contributed by atoms with Gasteiger partial charge in [-0.3, -0.25) is 4.79 Å². The van der Waals surface area contributed by atoms with Gasteiger partial charge in [-0.15, -0.1) is 0 Å². The van der Waals surface area contributed by atoms with Crippen LogP contribution in [0.25, 0.3) is 0 Å². The molecule has 0 spiro atoms. The number of ether oxygens (including phenoxy) is 2. The third kappa shape index (κ3) is 3.84. The molecule has 0 aliphatic heterocycles. The molecule has 3 rings (SSSR count). The molecule has 0 unspecified atom stereocenters. The zero-order valence-corrected chi connectivity index (χ0v) is 16.2. The van der Waals surface area contributed by atoms with Crippen LogP contribution in [0.4, 0.5) is 5.69 Å². The second kappa shape index (κ2) is 8.14. The normalized spacial score (nSPS) is 10.9. The van der Waals surface area contributed by atoms with Crippen molar-refractivity contribution in [3.05, 3.63) is 84.4 Å². The van der Waals surface area contributed by atoms with Crippen molar-refractivity contribution in [1.82, 2.24) is 0 Å². The van der Waals surface area contributed by atoms with Crippen molar-refractivity contribution in [3.8, 4) is 11.5 Å². The Bertz CT molecular complexity index is 1060. The summed E-state index contributed by atoms with van der Waals surface area (Å²) in [5.41, 5.74) is 0.396. The molecule has 0 saturated heterocycles. The lowest BCUT2D eigenvalue weighted by Crippen LogP contribution is -2.37. The predicted octanol–water partition coefficient (Wildman–Crippen LogP) is 3.74. The fourth-order valence-corrected chi connectivity index (χ4v) is 4.09. The van der Waals surface area contributed by atoms with E-state index >= 15 is 0 Å². The molecule has 0 aliphatic rings. The van der Waals surface area contributed by atoms with Gasteiger partial charge >= 0.3 is 0 Å². The lowest BCUT2D eigenvalue weighted by Gasteiger charge is -2.23. The molecule has 0 heterocycles. The number of sulfonamides is 1. The smallest absolute Gasteiger partial charge is 0.272 e. The van der Waals surface area contributed by atoms with E-state index in [0.29, 0.717) is 11.5 Å². The summed E-state index contributed by atoms with van der Waals surface area (Å²) in [7, 11) is -1.15. The van der Waals surface area contributed by atoms with Crippen LogP contribution in [0.3, 0.4) is 0 Å². The molecule has 28 heavy (non-hydrogen) atoms. The van der Waals surface area contributed by atoms with Crippen molar-refractivity contribution in [2.45, 2.75) is 4.90 Å². The Morgan fingerprint density at radius 2 is 1.43 bits per heavy atom. The van der Waals surface area contributed by atoms with E-state index in [0.717, 1.165) is 4.31 Å². The van der Waals surface area contributed by atoms with Gasteiger partial charge in [0.05, 0.1) is 24.8 Å². The summed E-state index contributed by atoms with van der Waals surface area (Å²) in [4.78, 5) is 13.3. The van der Waals surface area contributed by atoms with Crippen LogP contribution >= 0.6 is 0 Å². The topological polar surface area (TPSA) is 72.9 Å². The van der Waals surface area contributed by atoms with Crippen LogP contribution in [-0.4, -0.2) is 28.5 Å². The minimum atomic E-state index is -4.14. The minimum Gasteiger partial charge on any atom is -0.497 e. The van der Waals surface area contributed by atoms with Crippen LogP contribution in [-0.2, 0) is 10.0 Å². The summed E-state index contributed by atoms with van der Waals surface area (Å²) in [6.07, 6.45) is 0. The molecular weight excluding hydrogens is 378 g/mol. The fourth-order valence-electron chi connectivity index (χ4n) is 2.65. The Labute approximate surface area is 164 Å². The minimum absolute atomic E-state index is 0.0158. The highest BCUT2D eigenvalue weighted by Gasteiger charge is 2.32. The Morgan fingerprint density at radius 1 is 0.786 bits per heavy atom. The average molecular weight is 397 g/mol. The van der Waals surface area contributed by atoms with Gasteiger partial charge in [-0.05, 0) is 54.6 Å². The molecule has 0 aliphatic carbocycles. The highest BCUT2D eigenvalue weighted by Crippen LogP contribution is 2.28. The van der Waals surface area contributed by atoms with E-state index in [1.54, 1.807) is 48.5 Å². The van der Waals surface area contributed by atoms with Gasteiger partial charge in [0.15, 0.2) is 0 Å². The zero-order chi connectivity index (χ0) is 20.1. The monoisotopic (exact) mass is 397 g/mol. The van der Waals surface area contributed by atoms with Gasteiger partial charge < -0.3 is 9.47 Å². The van der Waals surface area contributed by atoms with E-state index in [4.69, 9.17) is 9.47 Å². The molecule has 0 saturated carbocycles. The SMILES string of the molecule is COc1ccc(N(C(=O)c2cccc(OC)c2)S(=O)(=O)c2ccccc2)cc1. The van der Waals surface area contributed by atoms with Gasteiger partial charge in [0.1, 0.15) is 11.5 Å². The van der Waals surface area contributed by atoms with Crippen molar-refractivity contribution >= 4 is 21.6 Å². The summed E-state index contributed by atoms with van der Waals surface area (Å²) in [6.45, 7) is 0. The van der Waals surface area contributed by atoms with Crippen molar-refractivity contribution in [1.29, 1.82) is 0 Å². The van der Waals surface area contributed by atoms with Gasteiger partial charge in [-0.25, -0.2) is 8.42 Å². The number of carbonyl (C=O) groups is 1. The molecule has 0 atom stereocenters. The van der Waals surface area contributed by atoms with Crippen LogP contribution in [0.5, 0.6) is 11.5 Å². The lowest BCUT2D eigenvalue weighted by atomic mass is 10.2. The first-order chi connectivity index (χ1) is 13.5. The number of carbonyl (C=O) groups excluding carboxylic acids is 1. The highest BCUT2D eigenvalue weighted by molar-refractivity contribution is 7.93. The number of amides is 1. The van der Waals surface area contributed by atoms with E-state index in [1.165, 1.54) is 44.6 Å². The third-order valence-electron chi connectivity index (χ3n) is 4.09. The van der Waals surface area contributed by atoms with E-state index in [9.17, 15) is 13.2 Å². The number of anilines is 1. The van der Waals surface area contributed by atoms with E-state index in [-0.39, 0.29) is 16.1 Å². The molecule has 3 aromatic carbocycles. The summed E-state index contributed by atoms with van der Waals surface area (Å²) in [6, 6.07) is 20.4. The Hall–Kier alpha value is -3.32. The first kappa shape index (κ1) is 19.4. The molecule has 1 amide bonds. The molecule has 0 radical (unpaired) electrons. The first-order valence-corrected chi connectivity index (χ1v) is 9.84. The average Bonchev–Trinajstić information content (AvgIpc) is 2.75. The van der Waals surface area contributed by atoms with Crippen LogP contribution in [0.1, 0.15) is 10.4 Å². The quantitative estimate of drug-likeness (QED) is 0.634. The summed E-state index contributed by atoms with van der Waals surface area (Å²) in [5.74, 6) is 0.320. The second-order valence-electron chi connectivity index (χ2n) is 5.82. The van der Waals surface area contributed by atoms with E-state index in [2.05, 4.69) is 0 Å². The molecule has 7 heteroatoms. The molecule has 0 aromatic heterocycles. The lowest BCUT2D eigenvalue weighted by molar-refractivity contribution is 0.100. The van der Waals surface area contributed by atoms with Gasteiger partial charge in [-0.2, -0.15) is 4.31 Å². The van der Waals surface area contributed by atoms with Crippen molar-refractivity contribution in [2.24, 2.45) is 0 Å². The predicted molar refractivity (Wildman–Crippen MR) is 106 cm³/mol. The fraction of sp³-hybridized carbons (Fsp3) is 0.0952. The maximum Gasteiger partial charge on any atom is 0.272 e. The highest BCUT2D eigenvalue weighted by atomic mass is 32.2. The van der Waals surface area contributed by atoms with Crippen molar-refractivity contribution < 1.29 is 22.7 Å². The first-order valence-electron chi connectivity index (χ1n) is 8.40. The number of benzene rings is 3. The summed E-state index contributed by atoms with van der Waals surface area (Å²) < 4.78 is 37.7. The maximum absolute atomic E-state index is 13.3. The van der Waals surface area contributed by atoms with Gasteiger partial charge in [-0.1, -0.05) is 24.3 Å². The number of nitrogens with zero attached hydrogens (tertiary/aromatic N) is 1. The molecule has 0 fully saturated rings. The molecule has 6 nitrogen and oxygen atoms in total.